The van der Waals surface area contributed by atoms with E-state index in [-0.39, 0.29) is 0 Å². The Bertz CT molecular complexity index is 354. The smallest absolute Gasteiger partial charge is 0.280 e. The van der Waals surface area contributed by atoms with Crippen molar-refractivity contribution in [1.29, 1.82) is 0 Å². The van der Waals surface area contributed by atoms with Crippen molar-refractivity contribution in [2.75, 3.05) is 0 Å². The molecular formula is C7H4F3NO2. The number of benzene rings is 1. The molecule has 0 saturated heterocycles. The van der Waals surface area contributed by atoms with Crippen molar-refractivity contribution in [3.63, 3.8) is 0 Å². The van der Waals surface area contributed by atoms with Crippen LogP contribution in [-0.4, -0.2) is 11.1 Å². The molecule has 0 saturated carbocycles. The molecule has 0 fully saturated rings. The molecule has 1 aromatic carbocycles. The molecule has 0 aromatic heterocycles. The largest absolute Gasteiger partial charge is 0.288 e. The van der Waals surface area contributed by atoms with E-state index in [9.17, 15) is 18.0 Å². The second-order valence-electron chi connectivity index (χ2n) is 2.16. The minimum Gasteiger partial charge on any atom is -0.288 e. The first-order chi connectivity index (χ1) is 6.07. The first-order valence-corrected chi connectivity index (χ1v) is 3.16. The van der Waals surface area contributed by atoms with Crippen LogP contribution in [0.4, 0.5) is 13.2 Å². The predicted molar refractivity (Wildman–Crippen MR) is 35.6 cm³/mol. The number of amides is 1. The maximum absolute atomic E-state index is 12.7. The fourth-order valence-electron chi connectivity index (χ4n) is 0.791. The Kier molecular flexibility index (Phi) is 2.52. The van der Waals surface area contributed by atoms with Gasteiger partial charge in [0.2, 0.25) is 0 Å². The van der Waals surface area contributed by atoms with E-state index in [4.69, 9.17) is 5.21 Å². The van der Waals surface area contributed by atoms with Crippen molar-refractivity contribution in [3.8, 4) is 0 Å². The highest BCUT2D eigenvalue weighted by molar-refractivity contribution is 5.93. The molecule has 0 aliphatic carbocycles. The van der Waals surface area contributed by atoms with Crippen molar-refractivity contribution in [3.05, 3.63) is 35.1 Å². The van der Waals surface area contributed by atoms with E-state index in [2.05, 4.69) is 0 Å². The number of carbonyl (C=O) groups is 1. The summed E-state index contributed by atoms with van der Waals surface area (Å²) in [6.45, 7) is 0. The molecule has 0 aliphatic heterocycles. The van der Waals surface area contributed by atoms with Gasteiger partial charge in [0.15, 0.2) is 11.6 Å². The third-order valence-corrected chi connectivity index (χ3v) is 1.37. The zero-order valence-corrected chi connectivity index (χ0v) is 6.14. The van der Waals surface area contributed by atoms with Crippen molar-refractivity contribution in [2.24, 2.45) is 0 Å². The summed E-state index contributed by atoms with van der Waals surface area (Å²) in [4.78, 5) is 10.6. The second-order valence-corrected chi connectivity index (χ2v) is 2.16. The standard InChI is InChI=1S/C7H4F3NO2/c8-3-1-2-4(9)6(10)5(3)7(12)11-13/h1-2,13H,(H,11,12). The highest BCUT2D eigenvalue weighted by Crippen LogP contribution is 2.15. The van der Waals surface area contributed by atoms with Crippen LogP contribution in [-0.2, 0) is 0 Å². The van der Waals surface area contributed by atoms with Crippen LogP contribution in [0.1, 0.15) is 10.4 Å². The Morgan fingerprint density at radius 3 is 2.31 bits per heavy atom. The molecule has 3 nitrogen and oxygen atoms in total. The van der Waals surface area contributed by atoms with Crippen LogP contribution >= 0.6 is 0 Å². The van der Waals surface area contributed by atoms with Gasteiger partial charge in [0.25, 0.3) is 5.91 Å². The number of nitrogens with one attached hydrogen (secondary N) is 1. The molecule has 0 unspecified atom stereocenters. The first-order valence-electron chi connectivity index (χ1n) is 3.16. The lowest BCUT2D eigenvalue weighted by Crippen LogP contribution is -2.22. The number of carbonyl (C=O) groups excluding carboxylic acids is 1. The van der Waals surface area contributed by atoms with Gasteiger partial charge in [-0.15, -0.1) is 0 Å². The number of rotatable bonds is 1. The molecule has 0 bridgehead atoms. The van der Waals surface area contributed by atoms with E-state index in [0.717, 1.165) is 5.48 Å². The van der Waals surface area contributed by atoms with E-state index >= 15 is 0 Å². The van der Waals surface area contributed by atoms with Gasteiger partial charge >= 0.3 is 0 Å². The van der Waals surface area contributed by atoms with Crippen LogP contribution < -0.4 is 5.48 Å². The van der Waals surface area contributed by atoms with Crippen LogP contribution in [0.5, 0.6) is 0 Å². The zero-order valence-electron chi connectivity index (χ0n) is 6.14. The van der Waals surface area contributed by atoms with Gasteiger partial charge in [-0.1, -0.05) is 0 Å². The Balaban J connectivity index is 3.33. The fourth-order valence-corrected chi connectivity index (χ4v) is 0.791. The highest BCUT2D eigenvalue weighted by atomic mass is 19.2. The van der Waals surface area contributed by atoms with Gasteiger partial charge < -0.3 is 0 Å². The van der Waals surface area contributed by atoms with Gasteiger partial charge in [-0.2, -0.15) is 0 Å². The summed E-state index contributed by atoms with van der Waals surface area (Å²) >= 11 is 0. The monoisotopic (exact) mass is 191 g/mol. The molecule has 0 spiro atoms. The number of hydroxylamine groups is 1. The van der Waals surface area contributed by atoms with Crippen LogP contribution in [0.25, 0.3) is 0 Å². The Hall–Kier alpha value is -1.56. The fraction of sp³-hybridized carbons (Fsp3) is 0. The van der Waals surface area contributed by atoms with Crippen LogP contribution in [0, 0.1) is 17.5 Å². The quantitative estimate of drug-likeness (QED) is 0.398. The van der Waals surface area contributed by atoms with Gasteiger partial charge in [-0.25, -0.2) is 18.7 Å². The van der Waals surface area contributed by atoms with Gasteiger partial charge in [0.1, 0.15) is 11.4 Å². The third-order valence-electron chi connectivity index (χ3n) is 1.37. The van der Waals surface area contributed by atoms with Gasteiger partial charge in [0.05, 0.1) is 0 Å². The van der Waals surface area contributed by atoms with E-state index < -0.39 is 28.9 Å². The normalized spacial score (nSPS) is 9.85. The average Bonchev–Trinajstić information content (AvgIpc) is 2.12. The lowest BCUT2D eigenvalue weighted by Gasteiger charge is -2.02. The summed E-state index contributed by atoms with van der Waals surface area (Å²) < 4.78 is 37.9. The van der Waals surface area contributed by atoms with Crippen molar-refractivity contribution >= 4 is 5.91 Å². The summed E-state index contributed by atoms with van der Waals surface area (Å²) in [5.74, 6) is -5.67. The maximum Gasteiger partial charge on any atom is 0.280 e. The summed E-state index contributed by atoms with van der Waals surface area (Å²) in [6, 6.07) is 1.13. The zero-order chi connectivity index (χ0) is 10.0. The van der Waals surface area contributed by atoms with Crippen LogP contribution in [0.15, 0.2) is 12.1 Å². The molecule has 70 valence electrons. The van der Waals surface area contributed by atoms with E-state index in [1.54, 1.807) is 0 Å². The van der Waals surface area contributed by atoms with Crippen molar-refractivity contribution in [2.45, 2.75) is 0 Å². The summed E-state index contributed by atoms with van der Waals surface area (Å²) in [5.41, 5.74) is -0.146. The molecule has 13 heavy (non-hydrogen) atoms. The second kappa shape index (κ2) is 3.44. The highest BCUT2D eigenvalue weighted by Gasteiger charge is 2.19. The molecule has 0 heterocycles. The molecule has 1 amide bonds. The van der Waals surface area contributed by atoms with Crippen LogP contribution in [0.3, 0.4) is 0 Å². The number of hydrogen-bond acceptors (Lipinski definition) is 2. The Morgan fingerprint density at radius 1 is 1.23 bits per heavy atom. The summed E-state index contributed by atoms with van der Waals surface area (Å²) in [5, 5.41) is 8.07. The molecule has 1 rings (SSSR count). The predicted octanol–water partition coefficient (Wildman–Crippen LogP) is 1.22. The topological polar surface area (TPSA) is 49.3 Å². The van der Waals surface area contributed by atoms with Crippen molar-refractivity contribution in [1.82, 2.24) is 5.48 Å². The minimum absolute atomic E-state index is 0.540. The lowest BCUT2D eigenvalue weighted by molar-refractivity contribution is 0.0695. The molecule has 0 radical (unpaired) electrons. The molecule has 0 atom stereocenters. The molecule has 1 aromatic rings. The van der Waals surface area contributed by atoms with E-state index in [1.807, 2.05) is 0 Å². The Labute approximate surface area is 70.8 Å². The van der Waals surface area contributed by atoms with Gasteiger partial charge in [-0.3, -0.25) is 10.0 Å². The third kappa shape index (κ3) is 1.62. The SMILES string of the molecule is O=C(NO)c1c(F)ccc(F)c1F. The molecule has 6 heteroatoms. The minimum atomic E-state index is -1.63. The number of halogens is 3. The van der Waals surface area contributed by atoms with Crippen molar-refractivity contribution < 1.29 is 23.2 Å². The van der Waals surface area contributed by atoms with Gasteiger partial charge in [0, 0.05) is 0 Å². The summed E-state index contributed by atoms with van der Waals surface area (Å²) in [6.07, 6.45) is 0. The average molecular weight is 191 g/mol. The molecular weight excluding hydrogens is 187 g/mol. The lowest BCUT2D eigenvalue weighted by atomic mass is 10.2. The van der Waals surface area contributed by atoms with E-state index in [0.29, 0.717) is 12.1 Å². The maximum atomic E-state index is 12.7. The van der Waals surface area contributed by atoms with Gasteiger partial charge in [-0.05, 0) is 12.1 Å². The molecule has 2 N–H and O–H groups in total. The summed E-state index contributed by atoms with van der Waals surface area (Å²) in [7, 11) is 0. The van der Waals surface area contributed by atoms with E-state index in [1.165, 1.54) is 0 Å². The first kappa shape index (κ1) is 9.53. The Morgan fingerprint density at radius 2 is 1.77 bits per heavy atom. The van der Waals surface area contributed by atoms with Crippen LogP contribution in [0.2, 0.25) is 0 Å². The molecule has 0 aliphatic rings. The number of hydrogen-bond donors (Lipinski definition) is 2.